The summed E-state index contributed by atoms with van der Waals surface area (Å²) in [6, 6.07) is 14.2. The first-order chi connectivity index (χ1) is 9.26. The topological polar surface area (TPSA) is 18.5 Å². The van der Waals surface area contributed by atoms with Gasteiger partial charge in [-0.15, -0.1) is 0 Å². The number of hydrogen-bond acceptors (Lipinski definition) is 2. The SMILES string of the molecule is COc1cccc(-c2cccc(C)c2OCCBr)c1. The van der Waals surface area contributed by atoms with E-state index in [0.29, 0.717) is 6.61 Å². The molecule has 0 radical (unpaired) electrons. The van der Waals surface area contributed by atoms with Crippen molar-refractivity contribution in [2.24, 2.45) is 0 Å². The summed E-state index contributed by atoms with van der Waals surface area (Å²) in [5.41, 5.74) is 3.34. The Morgan fingerprint density at radius 2 is 1.89 bits per heavy atom. The highest BCUT2D eigenvalue weighted by Gasteiger charge is 2.09. The van der Waals surface area contributed by atoms with Crippen LogP contribution < -0.4 is 9.47 Å². The fraction of sp³-hybridized carbons (Fsp3) is 0.250. The van der Waals surface area contributed by atoms with Gasteiger partial charge in [-0.25, -0.2) is 0 Å². The molecular formula is C16H17BrO2. The van der Waals surface area contributed by atoms with Gasteiger partial charge in [0, 0.05) is 10.9 Å². The van der Waals surface area contributed by atoms with Crippen LogP contribution in [0.4, 0.5) is 0 Å². The average Bonchev–Trinajstić information content (AvgIpc) is 2.46. The van der Waals surface area contributed by atoms with E-state index in [1.807, 2.05) is 24.3 Å². The second kappa shape index (κ2) is 6.62. The number of methoxy groups -OCH3 is 1. The molecule has 0 atom stereocenters. The number of ether oxygens (including phenoxy) is 2. The van der Waals surface area contributed by atoms with Crippen LogP contribution in [0.3, 0.4) is 0 Å². The first-order valence-electron chi connectivity index (χ1n) is 6.19. The van der Waals surface area contributed by atoms with Crippen LogP contribution in [0.25, 0.3) is 11.1 Å². The molecule has 2 rings (SSSR count). The van der Waals surface area contributed by atoms with E-state index in [0.717, 1.165) is 33.5 Å². The molecule has 0 saturated heterocycles. The molecule has 0 aliphatic rings. The van der Waals surface area contributed by atoms with Crippen LogP contribution in [0.1, 0.15) is 5.56 Å². The van der Waals surface area contributed by atoms with Gasteiger partial charge < -0.3 is 9.47 Å². The van der Waals surface area contributed by atoms with E-state index < -0.39 is 0 Å². The Kier molecular flexibility index (Phi) is 4.86. The van der Waals surface area contributed by atoms with Crippen LogP contribution in [-0.4, -0.2) is 19.0 Å². The molecule has 0 spiro atoms. The lowest BCUT2D eigenvalue weighted by atomic mass is 10.0. The van der Waals surface area contributed by atoms with Crippen molar-refractivity contribution in [2.45, 2.75) is 6.92 Å². The zero-order valence-corrected chi connectivity index (χ0v) is 12.7. The van der Waals surface area contributed by atoms with Gasteiger partial charge in [0.05, 0.1) is 13.7 Å². The van der Waals surface area contributed by atoms with Gasteiger partial charge in [0.15, 0.2) is 0 Å². The Morgan fingerprint density at radius 3 is 2.63 bits per heavy atom. The predicted octanol–water partition coefficient (Wildman–Crippen LogP) is 4.44. The van der Waals surface area contributed by atoms with Crippen molar-refractivity contribution >= 4 is 15.9 Å². The minimum absolute atomic E-state index is 0.655. The first kappa shape index (κ1) is 13.9. The van der Waals surface area contributed by atoms with Crippen LogP contribution >= 0.6 is 15.9 Å². The molecule has 0 fully saturated rings. The molecular weight excluding hydrogens is 304 g/mol. The summed E-state index contributed by atoms with van der Waals surface area (Å²) in [6.45, 7) is 2.72. The van der Waals surface area contributed by atoms with Crippen molar-refractivity contribution < 1.29 is 9.47 Å². The molecule has 0 N–H and O–H groups in total. The molecule has 0 aliphatic carbocycles. The van der Waals surface area contributed by atoms with Gasteiger partial charge in [-0.05, 0) is 30.2 Å². The molecule has 100 valence electrons. The van der Waals surface area contributed by atoms with Crippen LogP contribution in [0.5, 0.6) is 11.5 Å². The molecule has 0 heterocycles. The number of hydrogen-bond donors (Lipinski definition) is 0. The fourth-order valence-corrected chi connectivity index (χ4v) is 2.16. The van der Waals surface area contributed by atoms with Crippen LogP contribution in [0.15, 0.2) is 42.5 Å². The van der Waals surface area contributed by atoms with E-state index in [1.165, 1.54) is 0 Å². The quantitative estimate of drug-likeness (QED) is 0.758. The zero-order valence-electron chi connectivity index (χ0n) is 11.2. The number of rotatable bonds is 5. The Bertz CT molecular complexity index is 552. The zero-order chi connectivity index (χ0) is 13.7. The monoisotopic (exact) mass is 320 g/mol. The summed E-state index contributed by atoms with van der Waals surface area (Å²) in [5.74, 6) is 1.79. The number of alkyl halides is 1. The summed E-state index contributed by atoms with van der Waals surface area (Å²) in [4.78, 5) is 0. The molecule has 0 bridgehead atoms. The highest BCUT2D eigenvalue weighted by molar-refractivity contribution is 9.09. The normalized spacial score (nSPS) is 10.3. The lowest BCUT2D eigenvalue weighted by molar-refractivity contribution is 0.344. The van der Waals surface area contributed by atoms with E-state index in [9.17, 15) is 0 Å². The van der Waals surface area contributed by atoms with Gasteiger partial charge >= 0.3 is 0 Å². The minimum atomic E-state index is 0.655. The fourth-order valence-electron chi connectivity index (χ4n) is 2.00. The van der Waals surface area contributed by atoms with E-state index >= 15 is 0 Å². The molecule has 0 aliphatic heterocycles. The smallest absolute Gasteiger partial charge is 0.130 e. The highest BCUT2D eigenvalue weighted by Crippen LogP contribution is 2.34. The van der Waals surface area contributed by atoms with Crippen LogP contribution in [0, 0.1) is 6.92 Å². The second-order valence-corrected chi connectivity index (χ2v) is 5.01. The molecule has 0 unspecified atom stereocenters. The molecule has 2 aromatic rings. The van der Waals surface area contributed by atoms with Crippen molar-refractivity contribution in [2.75, 3.05) is 19.0 Å². The largest absolute Gasteiger partial charge is 0.497 e. The van der Waals surface area contributed by atoms with E-state index in [2.05, 4.69) is 41.1 Å². The Hall–Kier alpha value is -1.48. The standard InChI is InChI=1S/C16H17BrO2/c1-12-5-3-8-15(16(12)19-10-9-17)13-6-4-7-14(11-13)18-2/h3-8,11H,9-10H2,1-2H3. The molecule has 2 nitrogen and oxygen atoms in total. The third-order valence-corrected chi connectivity index (χ3v) is 3.24. The summed E-state index contributed by atoms with van der Waals surface area (Å²) in [7, 11) is 1.68. The Balaban J connectivity index is 2.45. The Morgan fingerprint density at radius 1 is 1.11 bits per heavy atom. The number of para-hydroxylation sites is 1. The summed E-state index contributed by atoms with van der Waals surface area (Å²) in [5, 5.41) is 0.818. The van der Waals surface area contributed by atoms with Gasteiger partial charge in [-0.1, -0.05) is 46.3 Å². The second-order valence-electron chi connectivity index (χ2n) is 4.22. The maximum atomic E-state index is 5.86. The molecule has 0 amide bonds. The van der Waals surface area contributed by atoms with Crippen molar-refractivity contribution in [1.29, 1.82) is 0 Å². The van der Waals surface area contributed by atoms with Gasteiger partial charge in [0.2, 0.25) is 0 Å². The number of benzene rings is 2. The minimum Gasteiger partial charge on any atom is -0.497 e. The molecule has 3 heteroatoms. The van der Waals surface area contributed by atoms with Gasteiger partial charge in [-0.3, -0.25) is 0 Å². The third-order valence-electron chi connectivity index (χ3n) is 2.92. The van der Waals surface area contributed by atoms with Crippen molar-refractivity contribution in [1.82, 2.24) is 0 Å². The molecule has 0 saturated carbocycles. The summed E-state index contributed by atoms with van der Waals surface area (Å²) < 4.78 is 11.1. The lowest BCUT2D eigenvalue weighted by Crippen LogP contribution is -2.01. The lowest BCUT2D eigenvalue weighted by Gasteiger charge is -2.14. The van der Waals surface area contributed by atoms with Crippen molar-refractivity contribution in [3.8, 4) is 22.6 Å². The summed E-state index contributed by atoms with van der Waals surface area (Å²) >= 11 is 3.39. The Labute approximate surface area is 122 Å². The average molecular weight is 321 g/mol. The summed E-state index contributed by atoms with van der Waals surface area (Å²) in [6.07, 6.45) is 0. The highest BCUT2D eigenvalue weighted by atomic mass is 79.9. The molecule has 19 heavy (non-hydrogen) atoms. The predicted molar refractivity (Wildman–Crippen MR) is 82.5 cm³/mol. The van der Waals surface area contributed by atoms with Gasteiger partial charge in [0.25, 0.3) is 0 Å². The number of halogens is 1. The van der Waals surface area contributed by atoms with Gasteiger partial charge in [0.1, 0.15) is 11.5 Å². The van der Waals surface area contributed by atoms with E-state index in [1.54, 1.807) is 7.11 Å². The van der Waals surface area contributed by atoms with Gasteiger partial charge in [-0.2, -0.15) is 0 Å². The molecule has 0 aromatic heterocycles. The third kappa shape index (κ3) is 3.29. The molecule has 2 aromatic carbocycles. The van der Waals surface area contributed by atoms with Crippen LogP contribution in [0.2, 0.25) is 0 Å². The number of aryl methyl sites for hydroxylation is 1. The van der Waals surface area contributed by atoms with Crippen molar-refractivity contribution in [3.63, 3.8) is 0 Å². The maximum Gasteiger partial charge on any atom is 0.130 e. The van der Waals surface area contributed by atoms with E-state index in [4.69, 9.17) is 9.47 Å². The maximum absolute atomic E-state index is 5.86. The van der Waals surface area contributed by atoms with Crippen LogP contribution in [-0.2, 0) is 0 Å². The van der Waals surface area contributed by atoms with E-state index in [-0.39, 0.29) is 0 Å². The first-order valence-corrected chi connectivity index (χ1v) is 7.31. The van der Waals surface area contributed by atoms with Crippen molar-refractivity contribution in [3.05, 3.63) is 48.0 Å².